The normalized spacial score (nSPS) is 11.1. The molecule has 0 saturated heterocycles. The van der Waals surface area contributed by atoms with E-state index in [2.05, 4.69) is 6.92 Å². The van der Waals surface area contributed by atoms with Gasteiger partial charge in [-0.3, -0.25) is 0 Å². The van der Waals surface area contributed by atoms with Gasteiger partial charge in [-0.25, -0.2) is 9.78 Å². The summed E-state index contributed by atoms with van der Waals surface area (Å²) >= 11 is 15.6. The summed E-state index contributed by atoms with van der Waals surface area (Å²) in [5.74, 6) is 0.445. The van der Waals surface area contributed by atoms with Crippen molar-refractivity contribution in [2.45, 2.75) is 30.9 Å². The molecule has 0 fully saturated rings. The summed E-state index contributed by atoms with van der Waals surface area (Å²) in [6.07, 6.45) is 1.46. The van der Waals surface area contributed by atoms with Gasteiger partial charge < -0.3 is 10.5 Å². The first-order valence-corrected chi connectivity index (χ1v) is 13.5. The maximum atomic E-state index is 13.0. The number of aromatic nitrogens is 3. The van der Waals surface area contributed by atoms with Crippen LogP contribution in [0.4, 0.5) is 5.69 Å². The highest BCUT2D eigenvalue weighted by molar-refractivity contribution is 8.01. The summed E-state index contributed by atoms with van der Waals surface area (Å²) in [6, 6.07) is 13.0. The Morgan fingerprint density at radius 2 is 1.97 bits per heavy atom. The van der Waals surface area contributed by atoms with E-state index in [1.165, 1.54) is 18.4 Å². The second kappa shape index (κ2) is 11.0. The van der Waals surface area contributed by atoms with Crippen molar-refractivity contribution in [3.8, 4) is 16.4 Å². The van der Waals surface area contributed by atoms with Gasteiger partial charge >= 0.3 is 5.97 Å². The van der Waals surface area contributed by atoms with Crippen LogP contribution in [0.5, 0.6) is 0 Å². The van der Waals surface area contributed by atoms with Crippen molar-refractivity contribution < 1.29 is 9.53 Å². The molecular weight excluding hydrogens is 523 g/mol. The molecule has 4 aromatic rings. The van der Waals surface area contributed by atoms with Gasteiger partial charge in [0.2, 0.25) is 5.13 Å². The molecule has 2 aromatic heterocycles. The second-order valence-corrected chi connectivity index (χ2v) is 11.0. The highest BCUT2D eigenvalue weighted by Gasteiger charge is 2.27. The number of anilines is 1. The van der Waals surface area contributed by atoms with Crippen LogP contribution in [0, 0.1) is 6.92 Å². The van der Waals surface area contributed by atoms with Crippen molar-refractivity contribution in [1.29, 1.82) is 0 Å². The number of esters is 1. The van der Waals surface area contributed by atoms with Crippen molar-refractivity contribution in [2.24, 2.45) is 0 Å². The van der Waals surface area contributed by atoms with Crippen LogP contribution < -0.4 is 5.73 Å². The first-order chi connectivity index (χ1) is 16.8. The van der Waals surface area contributed by atoms with Gasteiger partial charge in [-0.1, -0.05) is 65.7 Å². The van der Waals surface area contributed by atoms with Crippen LogP contribution in [0.25, 0.3) is 16.4 Å². The lowest BCUT2D eigenvalue weighted by Crippen LogP contribution is -2.13. The minimum absolute atomic E-state index is 0.342. The molecule has 0 aliphatic carbocycles. The number of thiazole rings is 1. The molecule has 0 unspecified atom stereocenters. The zero-order chi connectivity index (χ0) is 25.1. The number of rotatable bonds is 8. The predicted octanol–water partition coefficient (Wildman–Crippen LogP) is 7.07. The van der Waals surface area contributed by atoms with Gasteiger partial charge in [0.05, 0.1) is 32.8 Å². The molecule has 0 aliphatic heterocycles. The fourth-order valence-electron chi connectivity index (χ4n) is 3.61. The Bertz CT molecular complexity index is 1380. The number of methoxy groups -OCH3 is 1. The number of hydrogen-bond donors (Lipinski definition) is 1. The molecular formula is C25H24Cl2N4O2S2. The standard InChI is InChI=1S/C25H24Cl2N4O2S2/c1-4-11-34-24-21(16-9-10-18(26)19(27)13-16)29-25(35-24)31-22(23(32)33-3)17(14(2)30-31)12-15-7-5-6-8-20(15)28/h5-10,13H,4,11-12,28H2,1-3H3. The van der Waals surface area contributed by atoms with Crippen molar-refractivity contribution in [3.05, 3.63) is 75.0 Å². The smallest absolute Gasteiger partial charge is 0.357 e. The lowest BCUT2D eigenvalue weighted by Gasteiger charge is -2.08. The van der Waals surface area contributed by atoms with Crippen molar-refractivity contribution in [3.63, 3.8) is 0 Å². The molecule has 0 aliphatic rings. The lowest BCUT2D eigenvalue weighted by atomic mass is 10.0. The SMILES string of the molecule is CCCSc1sc(-n2nc(C)c(Cc3ccccc3N)c2C(=O)OC)nc1-c1ccc(Cl)c(Cl)c1. The Morgan fingerprint density at radius 1 is 1.20 bits per heavy atom. The largest absolute Gasteiger partial charge is 0.464 e. The molecule has 6 nitrogen and oxygen atoms in total. The van der Waals surface area contributed by atoms with E-state index >= 15 is 0 Å². The molecule has 0 bridgehead atoms. The van der Waals surface area contributed by atoms with E-state index in [-0.39, 0.29) is 0 Å². The van der Waals surface area contributed by atoms with Gasteiger partial charge in [0, 0.05) is 23.2 Å². The second-order valence-electron chi connectivity index (χ2n) is 7.80. The van der Waals surface area contributed by atoms with E-state index < -0.39 is 5.97 Å². The minimum atomic E-state index is -0.482. The number of thioether (sulfide) groups is 1. The van der Waals surface area contributed by atoms with E-state index in [0.717, 1.165) is 38.8 Å². The number of halogens is 2. The first kappa shape index (κ1) is 25.6. The number of carbonyl (C=O) groups excluding carboxylic acids is 1. The number of nitrogen functional groups attached to an aromatic ring is 1. The first-order valence-electron chi connectivity index (χ1n) is 10.9. The van der Waals surface area contributed by atoms with Crippen LogP contribution in [0.15, 0.2) is 46.7 Å². The Hall–Kier alpha value is -2.52. The molecule has 0 amide bonds. The summed E-state index contributed by atoms with van der Waals surface area (Å²) in [4.78, 5) is 17.9. The summed E-state index contributed by atoms with van der Waals surface area (Å²) in [5.41, 5.74) is 11.2. The number of aryl methyl sites for hydroxylation is 1. The number of hydrogen-bond acceptors (Lipinski definition) is 7. The molecule has 2 N–H and O–H groups in total. The fraction of sp³-hybridized carbons (Fsp3) is 0.240. The Labute approximate surface area is 222 Å². The number of nitrogens with zero attached hydrogens (tertiary/aromatic N) is 3. The van der Waals surface area contributed by atoms with Crippen LogP contribution in [-0.2, 0) is 11.2 Å². The third kappa shape index (κ3) is 5.35. The molecule has 35 heavy (non-hydrogen) atoms. The zero-order valence-corrected chi connectivity index (χ0v) is 22.6. The maximum absolute atomic E-state index is 13.0. The van der Waals surface area contributed by atoms with Gasteiger partial charge in [0.1, 0.15) is 0 Å². The summed E-state index contributed by atoms with van der Waals surface area (Å²) in [7, 11) is 1.36. The third-order valence-electron chi connectivity index (χ3n) is 5.38. The Balaban J connectivity index is 1.86. The average Bonchev–Trinajstić information content (AvgIpc) is 3.41. The average molecular weight is 548 g/mol. The summed E-state index contributed by atoms with van der Waals surface area (Å²) in [5, 5.41) is 6.21. The fourth-order valence-corrected chi connectivity index (χ4v) is 6.08. The van der Waals surface area contributed by atoms with Crippen LogP contribution in [-0.4, -0.2) is 33.6 Å². The molecule has 0 saturated carbocycles. The van der Waals surface area contributed by atoms with Gasteiger partial charge in [0.25, 0.3) is 0 Å². The highest BCUT2D eigenvalue weighted by Crippen LogP contribution is 2.40. The summed E-state index contributed by atoms with van der Waals surface area (Å²) < 4.78 is 7.74. The highest BCUT2D eigenvalue weighted by atomic mass is 35.5. The third-order valence-corrected chi connectivity index (χ3v) is 8.62. The Morgan fingerprint density at radius 3 is 2.66 bits per heavy atom. The Kier molecular flexibility index (Phi) is 8.06. The van der Waals surface area contributed by atoms with Gasteiger partial charge in [0.15, 0.2) is 5.69 Å². The van der Waals surface area contributed by atoms with Crippen LogP contribution in [0.2, 0.25) is 10.0 Å². The molecule has 2 aromatic carbocycles. The van der Waals surface area contributed by atoms with Crippen LogP contribution >= 0.6 is 46.3 Å². The number of carbonyl (C=O) groups is 1. The molecule has 4 rings (SSSR count). The van der Waals surface area contributed by atoms with Gasteiger partial charge in [-0.15, -0.1) is 11.8 Å². The molecule has 0 spiro atoms. The van der Waals surface area contributed by atoms with Gasteiger partial charge in [-0.2, -0.15) is 9.78 Å². The zero-order valence-electron chi connectivity index (χ0n) is 19.5. The number of benzene rings is 2. The van der Waals surface area contributed by atoms with Crippen LogP contribution in [0.1, 0.15) is 40.7 Å². The van der Waals surface area contributed by atoms with E-state index in [0.29, 0.717) is 38.7 Å². The quantitative estimate of drug-likeness (QED) is 0.144. The predicted molar refractivity (Wildman–Crippen MR) is 145 cm³/mol. The number of para-hydroxylation sites is 1. The molecule has 0 radical (unpaired) electrons. The maximum Gasteiger partial charge on any atom is 0.357 e. The molecule has 182 valence electrons. The molecule has 2 heterocycles. The van der Waals surface area contributed by atoms with Crippen molar-refractivity contribution >= 4 is 58.0 Å². The molecule has 0 atom stereocenters. The van der Waals surface area contributed by atoms with E-state index in [9.17, 15) is 4.79 Å². The summed E-state index contributed by atoms with van der Waals surface area (Å²) in [6.45, 7) is 4.00. The molecule has 10 heteroatoms. The van der Waals surface area contributed by atoms with Gasteiger partial charge in [-0.05, 0) is 42.9 Å². The van der Waals surface area contributed by atoms with Crippen LogP contribution in [0.3, 0.4) is 0 Å². The van der Waals surface area contributed by atoms with E-state index in [1.54, 1.807) is 28.6 Å². The lowest BCUT2D eigenvalue weighted by molar-refractivity contribution is 0.0589. The van der Waals surface area contributed by atoms with Crippen molar-refractivity contribution in [2.75, 3.05) is 18.6 Å². The topological polar surface area (TPSA) is 83.0 Å². The van der Waals surface area contributed by atoms with E-state index in [1.807, 2.05) is 37.3 Å². The monoisotopic (exact) mass is 546 g/mol. The minimum Gasteiger partial charge on any atom is -0.464 e. The number of nitrogens with two attached hydrogens (primary N) is 1. The van der Waals surface area contributed by atoms with E-state index in [4.69, 9.17) is 43.8 Å². The van der Waals surface area contributed by atoms with Crippen molar-refractivity contribution in [1.82, 2.24) is 14.8 Å². The number of ether oxygens (including phenoxy) is 1.